The van der Waals surface area contributed by atoms with Crippen LogP contribution in [0.3, 0.4) is 0 Å². The summed E-state index contributed by atoms with van der Waals surface area (Å²) in [5.74, 6) is 0.795. The van der Waals surface area contributed by atoms with Gasteiger partial charge in [-0.3, -0.25) is 4.79 Å². The number of anilines is 3. The molecule has 0 saturated carbocycles. The van der Waals surface area contributed by atoms with E-state index in [1.165, 1.54) is 24.5 Å². The molecule has 0 spiro atoms. The molecule has 0 unspecified atom stereocenters. The molecule has 3 aromatic heterocycles. The lowest BCUT2D eigenvalue weighted by atomic mass is 10.2. The van der Waals surface area contributed by atoms with Gasteiger partial charge in [0.15, 0.2) is 0 Å². The number of carbonyl (C=O) groups is 1. The molecule has 1 amide bonds. The second kappa shape index (κ2) is 9.50. The number of nitrogens with zero attached hydrogens (tertiary/aromatic N) is 6. The van der Waals surface area contributed by atoms with Gasteiger partial charge in [-0.25, -0.2) is 19.9 Å². The highest BCUT2D eigenvalue weighted by Gasteiger charge is 2.26. The monoisotopic (exact) mass is 441 g/mol. The van der Waals surface area contributed by atoms with E-state index in [0.717, 1.165) is 31.6 Å². The zero-order chi connectivity index (χ0) is 22.5. The first-order chi connectivity index (χ1) is 15.5. The van der Waals surface area contributed by atoms with Crippen LogP contribution >= 0.6 is 0 Å². The molecule has 4 rings (SSSR count). The maximum absolute atomic E-state index is 12.3. The van der Waals surface area contributed by atoms with E-state index in [9.17, 15) is 13.6 Å². The predicted molar refractivity (Wildman–Crippen MR) is 114 cm³/mol. The molecule has 9 nitrogen and oxygen atoms in total. The topological polar surface area (TPSA) is 96.4 Å². The zero-order valence-electron chi connectivity index (χ0n) is 17.2. The molecule has 0 aromatic carbocycles. The number of nitrogens with one attached hydrogen (secondary N) is 1. The van der Waals surface area contributed by atoms with Crippen LogP contribution in [0.4, 0.5) is 26.2 Å². The van der Waals surface area contributed by atoms with Gasteiger partial charge in [0.1, 0.15) is 5.82 Å². The van der Waals surface area contributed by atoms with E-state index < -0.39 is 12.5 Å². The van der Waals surface area contributed by atoms with Crippen LogP contribution in [0.2, 0.25) is 0 Å². The molecule has 1 aliphatic heterocycles. The van der Waals surface area contributed by atoms with Crippen molar-refractivity contribution in [2.24, 2.45) is 0 Å². The third-order valence-electron chi connectivity index (χ3n) is 4.96. The summed E-state index contributed by atoms with van der Waals surface area (Å²) < 4.78 is 28.6. The number of alkyl halides is 2. The van der Waals surface area contributed by atoms with Gasteiger partial charge in [0.05, 0.1) is 23.6 Å². The summed E-state index contributed by atoms with van der Waals surface area (Å²) in [5, 5.41) is 2.66. The highest BCUT2D eigenvalue weighted by atomic mass is 19.3. The van der Waals surface area contributed by atoms with Crippen LogP contribution < -0.4 is 19.9 Å². The highest BCUT2D eigenvalue weighted by Crippen LogP contribution is 2.21. The Morgan fingerprint density at radius 1 is 1.09 bits per heavy atom. The van der Waals surface area contributed by atoms with Crippen LogP contribution in [0.5, 0.6) is 5.88 Å². The minimum Gasteiger partial charge on any atom is -0.417 e. The van der Waals surface area contributed by atoms with E-state index in [1.807, 2.05) is 18.2 Å². The fraction of sp³-hybridized carbons (Fsp3) is 0.286. The molecule has 32 heavy (non-hydrogen) atoms. The van der Waals surface area contributed by atoms with E-state index in [2.05, 4.69) is 46.7 Å². The van der Waals surface area contributed by atoms with Crippen LogP contribution in [0.15, 0.2) is 55.1 Å². The van der Waals surface area contributed by atoms with Crippen LogP contribution in [-0.2, 0) is 0 Å². The second-order valence-electron chi connectivity index (χ2n) is 7.17. The minimum atomic E-state index is -2.97. The molecule has 1 N–H and O–H groups in total. The standard InChI is InChI=1S/C21H21F2N7O2/c1-14-13-29(17-4-2-3-7-24-17)8-9-30(14)21-26-11-16(12-27-21)28-19(31)15-5-6-18(25-10-15)32-20(22)23/h2-7,10-12,14,20H,8-9,13H2,1H3,(H,28,31)/t14-/m0/s1. The van der Waals surface area contributed by atoms with Gasteiger partial charge in [0, 0.05) is 44.1 Å². The molecule has 0 aliphatic carbocycles. The van der Waals surface area contributed by atoms with Crippen LogP contribution in [-0.4, -0.2) is 58.1 Å². The Kier molecular flexibility index (Phi) is 6.34. The molecule has 0 bridgehead atoms. The fourth-order valence-corrected chi connectivity index (χ4v) is 3.42. The average molecular weight is 441 g/mol. The summed E-state index contributed by atoms with van der Waals surface area (Å²) in [7, 11) is 0. The Labute approximate surface area is 183 Å². The van der Waals surface area contributed by atoms with Crippen molar-refractivity contribution in [3.63, 3.8) is 0 Å². The summed E-state index contributed by atoms with van der Waals surface area (Å²) in [6, 6.07) is 8.57. The van der Waals surface area contributed by atoms with Crippen LogP contribution in [0.25, 0.3) is 0 Å². The highest BCUT2D eigenvalue weighted by molar-refractivity contribution is 6.03. The number of aromatic nitrogens is 4. The molecule has 1 fully saturated rings. The summed E-state index contributed by atoms with van der Waals surface area (Å²) in [5.41, 5.74) is 0.599. The maximum atomic E-state index is 12.3. The number of rotatable bonds is 6. The van der Waals surface area contributed by atoms with Crippen molar-refractivity contribution < 1.29 is 18.3 Å². The number of hydrogen-bond acceptors (Lipinski definition) is 8. The van der Waals surface area contributed by atoms with Crippen molar-refractivity contribution in [2.75, 3.05) is 34.8 Å². The van der Waals surface area contributed by atoms with Gasteiger partial charge in [-0.05, 0) is 25.1 Å². The van der Waals surface area contributed by atoms with E-state index in [0.29, 0.717) is 11.6 Å². The lowest BCUT2D eigenvalue weighted by Crippen LogP contribution is -2.53. The van der Waals surface area contributed by atoms with Gasteiger partial charge in [-0.1, -0.05) is 6.07 Å². The van der Waals surface area contributed by atoms with Crippen LogP contribution in [0.1, 0.15) is 17.3 Å². The smallest absolute Gasteiger partial charge is 0.388 e. The Balaban J connectivity index is 1.35. The first kappa shape index (κ1) is 21.3. The van der Waals surface area contributed by atoms with Crippen LogP contribution in [0, 0.1) is 0 Å². The normalized spacial score (nSPS) is 16.2. The van der Waals surface area contributed by atoms with E-state index in [1.54, 1.807) is 6.20 Å². The number of pyridine rings is 2. The molecule has 1 saturated heterocycles. The number of carbonyl (C=O) groups excluding carboxylic acids is 1. The maximum Gasteiger partial charge on any atom is 0.388 e. The quantitative estimate of drug-likeness (QED) is 0.624. The SMILES string of the molecule is C[C@H]1CN(c2ccccn2)CCN1c1ncc(NC(=O)c2ccc(OC(F)F)nc2)cn1. The number of hydrogen-bond donors (Lipinski definition) is 1. The number of ether oxygens (including phenoxy) is 1. The zero-order valence-corrected chi connectivity index (χ0v) is 17.2. The van der Waals surface area contributed by atoms with Crippen molar-refractivity contribution in [2.45, 2.75) is 19.6 Å². The first-order valence-electron chi connectivity index (χ1n) is 9.96. The molecule has 1 aliphatic rings. The Bertz CT molecular complexity index is 1040. The van der Waals surface area contributed by atoms with E-state index >= 15 is 0 Å². The van der Waals surface area contributed by atoms with Gasteiger partial charge in [-0.15, -0.1) is 0 Å². The summed E-state index contributed by atoms with van der Waals surface area (Å²) in [6.45, 7) is 1.45. The van der Waals surface area contributed by atoms with Gasteiger partial charge in [0.25, 0.3) is 5.91 Å². The lowest BCUT2D eigenvalue weighted by molar-refractivity contribution is -0.0528. The first-order valence-corrected chi connectivity index (χ1v) is 9.96. The van der Waals surface area contributed by atoms with Crippen molar-refractivity contribution in [1.82, 2.24) is 19.9 Å². The molecular weight excluding hydrogens is 420 g/mol. The number of halogens is 2. The van der Waals surface area contributed by atoms with Crippen molar-refractivity contribution in [3.05, 3.63) is 60.7 Å². The largest absolute Gasteiger partial charge is 0.417 e. The molecular formula is C21H21F2N7O2. The predicted octanol–water partition coefficient (Wildman–Crippen LogP) is 2.84. The molecule has 3 aromatic rings. The molecule has 4 heterocycles. The Hall–Kier alpha value is -3.89. The summed E-state index contributed by atoms with van der Waals surface area (Å²) >= 11 is 0. The van der Waals surface area contributed by atoms with Crippen molar-refractivity contribution >= 4 is 23.4 Å². The molecule has 1 atom stereocenters. The van der Waals surface area contributed by atoms with Gasteiger partial charge < -0.3 is 19.9 Å². The van der Waals surface area contributed by atoms with Gasteiger partial charge in [-0.2, -0.15) is 8.78 Å². The summed E-state index contributed by atoms with van der Waals surface area (Å²) in [6.07, 6.45) is 5.99. The molecule has 0 radical (unpaired) electrons. The minimum absolute atomic E-state index is 0.172. The lowest BCUT2D eigenvalue weighted by Gasteiger charge is -2.40. The van der Waals surface area contributed by atoms with Gasteiger partial charge in [0.2, 0.25) is 11.8 Å². The Morgan fingerprint density at radius 2 is 1.91 bits per heavy atom. The van der Waals surface area contributed by atoms with Gasteiger partial charge >= 0.3 is 6.61 Å². The third kappa shape index (κ3) is 5.05. The van der Waals surface area contributed by atoms with E-state index in [-0.39, 0.29) is 17.5 Å². The summed E-state index contributed by atoms with van der Waals surface area (Å²) in [4.78, 5) is 33.5. The Morgan fingerprint density at radius 3 is 2.53 bits per heavy atom. The molecule has 166 valence electrons. The van der Waals surface area contributed by atoms with E-state index in [4.69, 9.17) is 0 Å². The third-order valence-corrected chi connectivity index (χ3v) is 4.96. The van der Waals surface area contributed by atoms with Crippen molar-refractivity contribution in [3.8, 4) is 5.88 Å². The average Bonchev–Trinajstić information content (AvgIpc) is 2.80. The number of piperazine rings is 1. The van der Waals surface area contributed by atoms with Crippen molar-refractivity contribution in [1.29, 1.82) is 0 Å². The molecule has 11 heteroatoms. The second-order valence-corrected chi connectivity index (χ2v) is 7.17. The fourth-order valence-electron chi connectivity index (χ4n) is 3.42. The number of amides is 1.